The van der Waals surface area contributed by atoms with Crippen LogP contribution >= 0.6 is 15.9 Å². The number of aromatic amines is 1. The zero-order chi connectivity index (χ0) is 36.0. The number of hydrogen-bond acceptors (Lipinski definition) is 8. The minimum Gasteiger partial charge on any atom is -0.438 e. The van der Waals surface area contributed by atoms with Gasteiger partial charge in [0.1, 0.15) is 11.5 Å². The lowest BCUT2D eigenvalue weighted by Crippen LogP contribution is -2.18. The molecule has 7 rings (SSSR count). The lowest BCUT2D eigenvalue weighted by molar-refractivity contribution is 0.459. The zero-order valence-corrected chi connectivity index (χ0v) is 30.6. The van der Waals surface area contributed by atoms with Crippen LogP contribution in [0.1, 0.15) is 53.9 Å². The molecule has 10 heteroatoms. The molecule has 0 aliphatic rings. The molecule has 0 saturated carbocycles. The number of aromatic nitrogens is 6. The van der Waals surface area contributed by atoms with Gasteiger partial charge in [-0.3, -0.25) is 15.1 Å². The third kappa shape index (κ3) is 9.96. The van der Waals surface area contributed by atoms with E-state index >= 15 is 0 Å². The van der Waals surface area contributed by atoms with Crippen LogP contribution in [-0.2, 0) is 0 Å². The number of rotatable bonds is 13. The lowest BCUT2D eigenvalue weighted by atomic mass is 9.88. The molecule has 262 valence electrons. The molecule has 0 fully saturated rings. The van der Waals surface area contributed by atoms with Crippen LogP contribution in [0.3, 0.4) is 0 Å². The van der Waals surface area contributed by atoms with Gasteiger partial charge < -0.3 is 14.8 Å². The van der Waals surface area contributed by atoms with Gasteiger partial charge in [-0.05, 0) is 77.7 Å². The number of ether oxygens (including phenoxy) is 2. The Morgan fingerprint density at radius 3 is 1.56 bits per heavy atom. The first kappa shape index (κ1) is 36.1. The Kier molecular flexibility index (Phi) is 12.8. The van der Waals surface area contributed by atoms with Gasteiger partial charge in [0.2, 0.25) is 11.8 Å². The Morgan fingerprint density at radius 1 is 0.615 bits per heavy atom. The second-order valence-corrected chi connectivity index (χ2v) is 13.0. The number of H-pyrrole nitrogens is 1. The second kappa shape index (κ2) is 18.5. The van der Waals surface area contributed by atoms with E-state index in [0.717, 1.165) is 46.5 Å². The van der Waals surface area contributed by atoms with Gasteiger partial charge in [0.15, 0.2) is 0 Å². The summed E-state index contributed by atoms with van der Waals surface area (Å²) in [5, 5.41) is 10.2. The van der Waals surface area contributed by atoms with E-state index < -0.39 is 0 Å². The molecule has 0 bridgehead atoms. The molecule has 0 aliphatic heterocycles. The Bertz CT molecular complexity index is 2050. The van der Waals surface area contributed by atoms with Gasteiger partial charge in [-0.1, -0.05) is 89.9 Å². The molecule has 4 aromatic carbocycles. The molecule has 0 spiro atoms. The Labute approximate surface area is 312 Å². The van der Waals surface area contributed by atoms with Crippen LogP contribution in [-0.4, -0.2) is 43.7 Å². The van der Waals surface area contributed by atoms with Crippen molar-refractivity contribution in [1.29, 1.82) is 0 Å². The maximum atomic E-state index is 5.74. The minimum absolute atomic E-state index is 0.244. The average Bonchev–Trinajstić information content (AvgIpc) is 3.74. The van der Waals surface area contributed by atoms with Crippen LogP contribution in [0.2, 0.25) is 0 Å². The van der Waals surface area contributed by atoms with Crippen LogP contribution in [0.5, 0.6) is 23.3 Å². The van der Waals surface area contributed by atoms with Gasteiger partial charge in [-0.2, -0.15) is 5.10 Å². The van der Waals surface area contributed by atoms with Crippen molar-refractivity contribution < 1.29 is 9.47 Å². The summed E-state index contributed by atoms with van der Waals surface area (Å²) in [4.78, 5) is 16.3. The van der Waals surface area contributed by atoms with Crippen LogP contribution in [0.25, 0.3) is 11.1 Å². The van der Waals surface area contributed by atoms with Crippen molar-refractivity contribution in [2.45, 2.75) is 31.6 Å². The van der Waals surface area contributed by atoms with Gasteiger partial charge >= 0.3 is 0 Å². The quantitative estimate of drug-likeness (QED) is 0.120. The van der Waals surface area contributed by atoms with E-state index in [9.17, 15) is 0 Å². The highest BCUT2D eigenvalue weighted by molar-refractivity contribution is 9.10. The SMILES string of the molecule is CCCC(c1ccc(Br)cc1)c1ccc(Oc2cnccn2)cc1.CNCC(c1ccc(Oc2cnccn2)cc1)c1ccc(-c2cn[nH]c2)cc1. The molecule has 0 amide bonds. The molecule has 9 nitrogen and oxygen atoms in total. The third-order valence-corrected chi connectivity index (χ3v) is 9.02. The molecule has 2 atom stereocenters. The standard InChI is InChI=1S/C22H21N5O.C20H19BrN2O/c1-23-14-21(17-4-2-16(3-5-17)19-12-26-27-13-19)18-6-8-20(9-7-18)28-22-15-24-10-11-25-22;1-2-3-19(15-4-8-17(21)9-5-15)16-6-10-18(11-7-16)24-20-14-22-12-13-23-20/h2-13,15,21,23H,14H2,1H3,(H,26,27);4-14,19H,2-3H2,1H3. The molecule has 0 aliphatic carbocycles. The second-order valence-electron chi connectivity index (χ2n) is 12.0. The average molecular weight is 755 g/mol. The largest absolute Gasteiger partial charge is 0.438 e. The van der Waals surface area contributed by atoms with Crippen LogP contribution in [0.15, 0.2) is 151 Å². The lowest BCUT2D eigenvalue weighted by Gasteiger charge is -2.18. The van der Waals surface area contributed by atoms with Crippen molar-refractivity contribution in [3.05, 3.63) is 173 Å². The van der Waals surface area contributed by atoms with Gasteiger partial charge in [-0.15, -0.1) is 0 Å². The van der Waals surface area contributed by atoms with E-state index in [0.29, 0.717) is 17.7 Å². The van der Waals surface area contributed by atoms with Crippen LogP contribution in [0.4, 0.5) is 0 Å². The van der Waals surface area contributed by atoms with E-state index in [2.05, 4.69) is 131 Å². The smallest absolute Gasteiger partial charge is 0.237 e. The van der Waals surface area contributed by atoms with E-state index in [1.54, 1.807) is 37.2 Å². The summed E-state index contributed by atoms with van der Waals surface area (Å²) >= 11 is 3.50. The zero-order valence-electron chi connectivity index (χ0n) is 29.1. The number of halogens is 1. The fourth-order valence-corrected chi connectivity index (χ4v) is 6.18. The number of benzene rings is 4. The van der Waals surface area contributed by atoms with Crippen molar-refractivity contribution in [2.24, 2.45) is 0 Å². The normalized spacial score (nSPS) is 11.9. The Balaban J connectivity index is 0.000000181. The third-order valence-electron chi connectivity index (χ3n) is 8.49. The molecule has 52 heavy (non-hydrogen) atoms. The first-order valence-electron chi connectivity index (χ1n) is 17.2. The van der Waals surface area contributed by atoms with E-state index in [1.807, 2.05) is 43.7 Å². The van der Waals surface area contributed by atoms with Crippen molar-refractivity contribution in [1.82, 2.24) is 35.5 Å². The summed E-state index contributed by atoms with van der Waals surface area (Å²) in [6.07, 6.45) is 15.7. The van der Waals surface area contributed by atoms with Gasteiger partial charge in [0.25, 0.3) is 0 Å². The highest BCUT2D eigenvalue weighted by Gasteiger charge is 2.15. The maximum absolute atomic E-state index is 5.74. The van der Waals surface area contributed by atoms with E-state index in [-0.39, 0.29) is 5.92 Å². The van der Waals surface area contributed by atoms with Gasteiger partial charge in [0.05, 0.1) is 18.6 Å². The highest BCUT2D eigenvalue weighted by atomic mass is 79.9. The molecule has 2 unspecified atom stereocenters. The van der Waals surface area contributed by atoms with Crippen molar-refractivity contribution >= 4 is 15.9 Å². The van der Waals surface area contributed by atoms with Crippen LogP contribution in [0, 0.1) is 0 Å². The van der Waals surface area contributed by atoms with Crippen molar-refractivity contribution in [2.75, 3.05) is 13.6 Å². The van der Waals surface area contributed by atoms with Crippen molar-refractivity contribution in [3.63, 3.8) is 0 Å². The summed E-state index contributed by atoms with van der Waals surface area (Å²) < 4.78 is 12.6. The number of likely N-dealkylation sites (N-methyl/N-ethyl adjacent to an activating group) is 1. The predicted octanol–water partition coefficient (Wildman–Crippen LogP) is 9.97. The summed E-state index contributed by atoms with van der Waals surface area (Å²) in [6, 6.07) is 33.6. The monoisotopic (exact) mass is 753 g/mol. The summed E-state index contributed by atoms with van der Waals surface area (Å²) in [5.74, 6) is 3.14. The molecule has 7 aromatic rings. The summed E-state index contributed by atoms with van der Waals surface area (Å²) in [5.41, 5.74) is 7.34. The molecular weight excluding hydrogens is 714 g/mol. The topological polar surface area (TPSA) is 111 Å². The Hall–Kier alpha value is -5.71. The molecule has 2 N–H and O–H groups in total. The number of nitrogens with one attached hydrogen (secondary N) is 2. The molecule has 3 aromatic heterocycles. The molecule has 3 heterocycles. The number of nitrogens with zero attached hydrogens (tertiary/aromatic N) is 5. The first-order valence-corrected chi connectivity index (χ1v) is 18.0. The first-order chi connectivity index (χ1) is 25.6. The van der Waals surface area contributed by atoms with Crippen molar-refractivity contribution in [3.8, 4) is 34.4 Å². The summed E-state index contributed by atoms with van der Waals surface area (Å²) in [6.45, 7) is 3.06. The fourth-order valence-electron chi connectivity index (χ4n) is 5.91. The molecular formula is C42H40BrN7O2. The summed E-state index contributed by atoms with van der Waals surface area (Å²) in [7, 11) is 1.97. The van der Waals surface area contributed by atoms with Crippen LogP contribution < -0.4 is 14.8 Å². The maximum Gasteiger partial charge on any atom is 0.237 e. The fraction of sp³-hybridized carbons (Fsp3) is 0.167. The van der Waals surface area contributed by atoms with E-state index in [4.69, 9.17) is 9.47 Å². The molecule has 0 radical (unpaired) electrons. The van der Waals surface area contributed by atoms with Gasteiger partial charge in [-0.25, -0.2) is 9.97 Å². The Morgan fingerprint density at radius 2 is 1.12 bits per heavy atom. The molecule has 0 saturated heterocycles. The highest BCUT2D eigenvalue weighted by Crippen LogP contribution is 2.32. The van der Waals surface area contributed by atoms with E-state index in [1.165, 1.54) is 22.3 Å². The predicted molar refractivity (Wildman–Crippen MR) is 208 cm³/mol. The van der Waals surface area contributed by atoms with Gasteiger partial charge in [0, 0.05) is 59.4 Å². The number of hydrogen-bond donors (Lipinski definition) is 2. The minimum atomic E-state index is 0.244.